The third kappa shape index (κ3) is 3.95. The fourth-order valence-electron chi connectivity index (χ4n) is 1.82. The van der Waals surface area contributed by atoms with E-state index in [4.69, 9.17) is 0 Å². The first-order valence-electron chi connectivity index (χ1n) is 6.34. The van der Waals surface area contributed by atoms with Gasteiger partial charge in [-0.1, -0.05) is 27.2 Å². The summed E-state index contributed by atoms with van der Waals surface area (Å²) in [5, 5.41) is 3.12. The van der Waals surface area contributed by atoms with Gasteiger partial charge < -0.3 is 5.32 Å². The van der Waals surface area contributed by atoms with Crippen molar-refractivity contribution in [3.63, 3.8) is 0 Å². The van der Waals surface area contributed by atoms with Crippen molar-refractivity contribution >= 4 is 5.82 Å². The highest BCUT2D eigenvalue weighted by Crippen LogP contribution is 2.17. The smallest absolute Gasteiger partial charge is 0.186 e. The molecule has 2 unspecified atom stereocenters. The molecule has 4 heteroatoms. The molecule has 0 aromatic carbocycles. The topological polar surface area (TPSA) is 37.8 Å². The number of nitrogens with one attached hydrogen (secondary N) is 1. The van der Waals surface area contributed by atoms with Gasteiger partial charge in [0.1, 0.15) is 6.33 Å². The van der Waals surface area contributed by atoms with Crippen LogP contribution in [0.5, 0.6) is 0 Å². The van der Waals surface area contributed by atoms with Crippen LogP contribution in [0.1, 0.15) is 46.2 Å². The maximum absolute atomic E-state index is 13.9. The van der Waals surface area contributed by atoms with Gasteiger partial charge in [-0.2, -0.15) is 0 Å². The Morgan fingerprint density at radius 1 is 1.29 bits per heavy atom. The van der Waals surface area contributed by atoms with Crippen LogP contribution in [-0.4, -0.2) is 16.0 Å². The molecule has 0 aliphatic rings. The Labute approximate surface area is 103 Å². The van der Waals surface area contributed by atoms with Gasteiger partial charge in [-0.15, -0.1) is 0 Å². The summed E-state index contributed by atoms with van der Waals surface area (Å²) < 4.78 is 13.9. The quantitative estimate of drug-likeness (QED) is 0.826. The first-order valence-corrected chi connectivity index (χ1v) is 6.34. The van der Waals surface area contributed by atoms with E-state index >= 15 is 0 Å². The molecule has 0 spiro atoms. The van der Waals surface area contributed by atoms with Crippen molar-refractivity contribution in [2.45, 2.75) is 53.0 Å². The van der Waals surface area contributed by atoms with E-state index in [2.05, 4.69) is 36.1 Å². The van der Waals surface area contributed by atoms with Gasteiger partial charge in [0.05, 0.1) is 5.69 Å². The fourth-order valence-corrected chi connectivity index (χ4v) is 1.82. The number of hydrogen-bond acceptors (Lipinski definition) is 3. The summed E-state index contributed by atoms with van der Waals surface area (Å²) >= 11 is 0. The molecule has 0 aliphatic heterocycles. The van der Waals surface area contributed by atoms with Gasteiger partial charge in [0.2, 0.25) is 0 Å². The summed E-state index contributed by atoms with van der Waals surface area (Å²) in [6, 6.07) is 0.221. The second-order valence-electron chi connectivity index (χ2n) is 4.63. The lowest BCUT2D eigenvalue weighted by molar-refractivity contribution is 0.480. The summed E-state index contributed by atoms with van der Waals surface area (Å²) in [4.78, 5) is 7.88. The van der Waals surface area contributed by atoms with E-state index in [0.717, 1.165) is 12.8 Å². The van der Waals surface area contributed by atoms with Crippen molar-refractivity contribution in [3.05, 3.63) is 17.8 Å². The van der Waals surface area contributed by atoms with Gasteiger partial charge in [-0.25, -0.2) is 14.4 Å². The van der Waals surface area contributed by atoms with Gasteiger partial charge >= 0.3 is 0 Å². The van der Waals surface area contributed by atoms with Gasteiger partial charge in [-0.3, -0.25) is 0 Å². The zero-order valence-electron chi connectivity index (χ0n) is 11.1. The Bertz CT molecular complexity index is 355. The molecule has 0 bridgehead atoms. The Morgan fingerprint density at radius 2 is 2.00 bits per heavy atom. The van der Waals surface area contributed by atoms with Crippen LogP contribution in [0.25, 0.3) is 0 Å². The summed E-state index contributed by atoms with van der Waals surface area (Å²) in [6.45, 7) is 8.31. The molecule has 96 valence electrons. The van der Waals surface area contributed by atoms with Crippen LogP contribution in [0.15, 0.2) is 6.33 Å². The molecule has 0 aliphatic carbocycles. The van der Waals surface area contributed by atoms with Crippen LogP contribution in [0, 0.1) is 11.7 Å². The second kappa shape index (κ2) is 6.52. The molecule has 1 aromatic heterocycles. The molecule has 1 heterocycles. The molecule has 1 rings (SSSR count). The molecule has 0 fully saturated rings. The van der Waals surface area contributed by atoms with Gasteiger partial charge in [-0.05, 0) is 25.7 Å². The number of aryl methyl sites for hydroxylation is 1. The van der Waals surface area contributed by atoms with E-state index in [1.165, 1.54) is 6.33 Å². The van der Waals surface area contributed by atoms with Crippen molar-refractivity contribution in [2.24, 2.45) is 5.92 Å². The summed E-state index contributed by atoms with van der Waals surface area (Å²) in [7, 11) is 0. The third-order valence-corrected chi connectivity index (χ3v) is 3.03. The normalized spacial score (nSPS) is 14.4. The standard InChI is InChI=1S/C13H22FN3/c1-5-9(3)7-10(4)17-13-12(14)11(6-2)15-8-16-13/h8-10H,5-7H2,1-4H3,(H,15,16,17). The Kier molecular flexibility index (Phi) is 5.32. The highest BCUT2D eigenvalue weighted by Gasteiger charge is 2.13. The number of rotatable bonds is 6. The predicted octanol–water partition coefficient (Wildman–Crippen LogP) is 3.41. The van der Waals surface area contributed by atoms with Crippen LogP contribution in [0.2, 0.25) is 0 Å². The van der Waals surface area contributed by atoms with Crippen molar-refractivity contribution in [1.29, 1.82) is 0 Å². The van der Waals surface area contributed by atoms with E-state index in [1.807, 2.05) is 6.92 Å². The molecule has 0 saturated carbocycles. The fraction of sp³-hybridized carbons (Fsp3) is 0.692. The van der Waals surface area contributed by atoms with Crippen molar-refractivity contribution < 1.29 is 4.39 Å². The number of hydrogen-bond donors (Lipinski definition) is 1. The van der Waals surface area contributed by atoms with E-state index in [1.54, 1.807) is 0 Å². The van der Waals surface area contributed by atoms with E-state index in [-0.39, 0.29) is 11.9 Å². The van der Waals surface area contributed by atoms with Crippen LogP contribution in [0.4, 0.5) is 10.2 Å². The highest BCUT2D eigenvalue weighted by atomic mass is 19.1. The molecule has 0 radical (unpaired) electrons. The predicted molar refractivity (Wildman–Crippen MR) is 68.5 cm³/mol. The summed E-state index contributed by atoms with van der Waals surface area (Å²) in [6.07, 6.45) is 4.16. The van der Waals surface area contributed by atoms with Crippen molar-refractivity contribution in [3.8, 4) is 0 Å². The number of anilines is 1. The lowest BCUT2D eigenvalue weighted by Crippen LogP contribution is -2.20. The minimum Gasteiger partial charge on any atom is -0.365 e. The lowest BCUT2D eigenvalue weighted by atomic mass is 10.0. The van der Waals surface area contributed by atoms with Crippen LogP contribution in [-0.2, 0) is 6.42 Å². The molecule has 1 N–H and O–H groups in total. The highest BCUT2D eigenvalue weighted by molar-refractivity contribution is 5.38. The molecule has 17 heavy (non-hydrogen) atoms. The number of nitrogens with zero attached hydrogens (tertiary/aromatic N) is 2. The molecule has 3 nitrogen and oxygen atoms in total. The molecule has 1 aromatic rings. The largest absolute Gasteiger partial charge is 0.365 e. The maximum Gasteiger partial charge on any atom is 0.186 e. The second-order valence-corrected chi connectivity index (χ2v) is 4.63. The Morgan fingerprint density at radius 3 is 2.59 bits per heavy atom. The average Bonchev–Trinajstić information content (AvgIpc) is 2.31. The first kappa shape index (κ1) is 13.9. The minimum atomic E-state index is -0.314. The van der Waals surface area contributed by atoms with E-state index in [0.29, 0.717) is 23.9 Å². The molecule has 0 amide bonds. The molecule has 2 atom stereocenters. The third-order valence-electron chi connectivity index (χ3n) is 3.03. The summed E-state index contributed by atoms with van der Waals surface area (Å²) in [5.41, 5.74) is 0.471. The Hall–Kier alpha value is -1.19. The number of halogens is 1. The number of aromatic nitrogens is 2. The van der Waals surface area contributed by atoms with Crippen LogP contribution >= 0.6 is 0 Å². The molecular formula is C13H22FN3. The van der Waals surface area contributed by atoms with Gasteiger partial charge in [0.15, 0.2) is 11.6 Å². The SMILES string of the molecule is CCc1ncnc(NC(C)CC(C)CC)c1F. The van der Waals surface area contributed by atoms with E-state index in [9.17, 15) is 4.39 Å². The minimum absolute atomic E-state index is 0.221. The van der Waals surface area contributed by atoms with Gasteiger partial charge in [0, 0.05) is 6.04 Å². The zero-order chi connectivity index (χ0) is 12.8. The Balaban J connectivity index is 2.68. The molecule has 0 saturated heterocycles. The lowest BCUT2D eigenvalue weighted by Gasteiger charge is -2.18. The van der Waals surface area contributed by atoms with Crippen LogP contribution in [0.3, 0.4) is 0 Å². The van der Waals surface area contributed by atoms with Crippen LogP contribution < -0.4 is 5.32 Å². The van der Waals surface area contributed by atoms with Crippen molar-refractivity contribution in [1.82, 2.24) is 9.97 Å². The molecular weight excluding hydrogens is 217 g/mol. The summed E-state index contributed by atoms with van der Waals surface area (Å²) in [5.74, 6) is 0.645. The average molecular weight is 239 g/mol. The first-order chi connectivity index (χ1) is 8.08. The zero-order valence-corrected chi connectivity index (χ0v) is 11.1. The monoisotopic (exact) mass is 239 g/mol. The van der Waals surface area contributed by atoms with E-state index < -0.39 is 0 Å². The maximum atomic E-state index is 13.9. The van der Waals surface area contributed by atoms with Gasteiger partial charge in [0.25, 0.3) is 0 Å². The van der Waals surface area contributed by atoms with Crippen molar-refractivity contribution in [2.75, 3.05) is 5.32 Å².